The van der Waals surface area contributed by atoms with Crippen LogP contribution in [0.25, 0.3) is 50.0 Å². The molecule has 1 aromatic carbocycles. The third kappa shape index (κ3) is 5.70. The number of para-hydroxylation sites is 1. The minimum Gasteiger partial charge on any atom is -0.481 e. The number of benzene rings is 1. The predicted molar refractivity (Wildman–Crippen MR) is 193 cm³/mol. The van der Waals surface area contributed by atoms with Crippen LogP contribution in [0, 0.1) is 13.8 Å². The molecule has 0 aliphatic carbocycles. The molecule has 0 radical (unpaired) electrons. The van der Waals surface area contributed by atoms with Crippen LogP contribution in [0.5, 0.6) is 0 Å². The number of carboxylic acid groups (broad SMARTS) is 2. The van der Waals surface area contributed by atoms with Crippen LogP contribution < -0.4 is 0 Å². The minimum absolute atomic E-state index is 0.0373. The van der Waals surface area contributed by atoms with Crippen LogP contribution >= 0.6 is 0 Å². The molecule has 48 heavy (non-hydrogen) atoms. The monoisotopic (exact) mass is 638 g/mol. The predicted octanol–water partition coefficient (Wildman–Crippen LogP) is 8.66. The van der Waals surface area contributed by atoms with Crippen molar-refractivity contribution < 1.29 is 19.8 Å². The van der Waals surface area contributed by atoms with Gasteiger partial charge in [-0.15, -0.1) is 0 Å². The molecule has 8 bridgehead atoms. The summed E-state index contributed by atoms with van der Waals surface area (Å²) in [4.78, 5) is 37.4. The lowest BCUT2D eigenvalue weighted by Crippen LogP contribution is -1.99. The Bertz CT molecular complexity index is 2270. The zero-order chi connectivity index (χ0) is 34.3. The number of carboxylic acids is 2. The van der Waals surface area contributed by atoms with Gasteiger partial charge in [0.25, 0.3) is 0 Å². The number of aromatic nitrogens is 4. The third-order valence-corrected chi connectivity index (χ3v) is 9.40. The number of aryl methyl sites for hydroxylation is 4. The Morgan fingerprint density at radius 3 is 1.85 bits per heavy atom. The van der Waals surface area contributed by atoms with Gasteiger partial charge in [-0.2, -0.15) is 0 Å². The van der Waals surface area contributed by atoms with E-state index in [1.807, 2.05) is 94.4 Å². The highest BCUT2D eigenvalue weighted by Gasteiger charge is 2.22. The maximum atomic E-state index is 11.9. The molecule has 242 valence electrons. The van der Waals surface area contributed by atoms with Crippen LogP contribution in [0.15, 0.2) is 79.9 Å². The van der Waals surface area contributed by atoms with Crippen LogP contribution in [-0.4, -0.2) is 41.7 Å². The van der Waals surface area contributed by atoms with E-state index in [2.05, 4.69) is 22.7 Å². The average Bonchev–Trinajstić information content (AvgIpc) is 3.70. The molecule has 8 heteroatoms. The summed E-state index contributed by atoms with van der Waals surface area (Å²) in [5, 5.41) is 19.4. The van der Waals surface area contributed by atoms with E-state index in [4.69, 9.17) is 9.97 Å². The Hall–Kier alpha value is -5.76. The first-order valence-corrected chi connectivity index (χ1v) is 15.9. The quantitative estimate of drug-likeness (QED) is 0.169. The van der Waals surface area contributed by atoms with Gasteiger partial charge in [0.05, 0.1) is 33.8 Å². The summed E-state index contributed by atoms with van der Waals surface area (Å²) in [6.07, 6.45) is 4.17. The lowest BCUT2D eigenvalue weighted by Gasteiger charge is -2.08. The number of nitrogens with zero attached hydrogens (tertiary/aromatic N) is 3. The number of aliphatic carboxylic acids is 2. The molecule has 4 aromatic rings. The zero-order valence-electron chi connectivity index (χ0n) is 27.6. The normalized spacial score (nSPS) is 12.8. The van der Waals surface area contributed by atoms with Crippen molar-refractivity contribution in [3.05, 3.63) is 125 Å². The van der Waals surface area contributed by atoms with Gasteiger partial charge in [0.2, 0.25) is 0 Å². The van der Waals surface area contributed by atoms with Crippen molar-refractivity contribution in [3.8, 4) is 5.69 Å². The summed E-state index contributed by atoms with van der Waals surface area (Å²) >= 11 is 0. The molecule has 0 amide bonds. The number of carbonyl (C=O) groups is 2. The largest absolute Gasteiger partial charge is 0.481 e. The number of nitrogens with one attached hydrogen (secondary N) is 1. The molecule has 0 fully saturated rings. The standard InChI is InChI=1S/C40H38N4O4/c1-7-27-22(3)31-18-32-24(5)29(14-16-39(45)46)36(43-32)21-38-30(15-17-40(47)48)25(6)37(44(38)26-12-10-9-11-13-26)20-35-28(8-2)23(4)33(42-35)19-34(27)41-31/h7-13,18-21,43H,1-2,14-17H2,3-6H3,(H,45,46)(H,47,48). The molecule has 0 atom stereocenters. The van der Waals surface area contributed by atoms with E-state index in [1.165, 1.54) is 0 Å². The highest BCUT2D eigenvalue weighted by molar-refractivity contribution is 5.99. The number of fused-ring (bicyclic) bond motifs is 8. The Balaban J connectivity index is 1.87. The summed E-state index contributed by atoms with van der Waals surface area (Å²) in [7, 11) is 0. The number of rotatable bonds is 9. The lowest BCUT2D eigenvalue weighted by atomic mass is 10.0. The second kappa shape index (κ2) is 12.8. The number of hydrogen-bond acceptors (Lipinski definition) is 4. The third-order valence-electron chi connectivity index (χ3n) is 9.40. The summed E-state index contributed by atoms with van der Waals surface area (Å²) in [6.45, 7) is 16.2. The van der Waals surface area contributed by atoms with Crippen LogP contribution in [-0.2, 0) is 22.4 Å². The molecule has 2 aliphatic heterocycles. The zero-order valence-corrected chi connectivity index (χ0v) is 27.6. The Morgan fingerprint density at radius 1 is 0.708 bits per heavy atom. The molecule has 3 N–H and O–H groups in total. The van der Waals surface area contributed by atoms with E-state index in [9.17, 15) is 19.8 Å². The summed E-state index contributed by atoms with van der Waals surface area (Å²) in [5.41, 5.74) is 14.6. The first-order valence-electron chi connectivity index (χ1n) is 15.9. The number of H-pyrrole nitrogens is 1. The molecule has 0 spiro atoms. The van der Waals surface area contributed by atoms with Crippen LogP contribution in [0.1, 0.15) is 71.7 Å². The molecule has 3 aromatic heterocycles. The van der Waals surface area contributed by atoms with E-state index >= 15 is 0 Å². The van der Waals surface area contributed by atoms with E-state index in [0.717, 1.165) is 95.1 Å². The maximum absolute atomic E-state index is 11.9. The Labute approximate surface area is 279 Å². The Morgan fingerprint density at radius 2 is 1.27 bits per heavy atom. The van der Waals surface area contributed by atoms with Gasteiger partial charge in [-0.3, -0.25) is 9.59 Å². The fraction of sp³-hybridized carbons (Fsp3) is 0.200. The second-order valence-corrected chi connectivity index (χ2v) is 12.2. The van der Waals surface area contributed by atoms with Crippen molar-refractivity contribution in [2.45, 2.75) is 53.4 Å². The molecule has 0 unspecified atom stereocenters. The van der Waals surface area contributed by atoms with Crippen molar-refractivity contribution in [2.75, 3.05) is 0 Å². The molecular weight excluding hydrogens is 600 g/mol. The first-order chi connectivity index (χ1) is 23.0. The van der Waals surface area contributed by atoms with Gasteiger partial charge in [0, 0.05) is 40.7 Å². The van der Waals surface area contributed by atoms with E-state index in [1.54, 1.807) is 0 Å². The van der Waals surface area contributed by atoms with Crippen molar-refractivity contribution in [1.82, 2.24) is 19.5 Å². The van der Waals surface area contributed by atoms with Gasteiger partial charge >= 0.3 is 11.9 Å². The number of hydrogen-bond donors (Lipinski definition) is 3. The number of aromatic amines is 1. The number of allylic oxidation sites excluding steroid dienone is 6. The lowest BCUT2D eigenvalue weighted by molar-refractivity contribution is -0.138. The summed E-state index contributed by atoms with van der Waals surface area (Å²) in [6, 6.07) is 18.0. The van der Waals surface area contributed by atoms with Gasteiger partial charge in [-0.25, -0.2) is 9.97 Å². The minimum atomic E-state index is -0.885. The molecular formula is C40H38N4O4. The molecule has 5 heterocycles. The fourth-order valence-electron chi connectivity index (χ4n) is 6.76. The second-order valence-electron chi connectivity index (χ2n) is 12.2. The van der Waals surface area contributed by atoms with Crippen LogP contribution in [0.4, 0.5) is 0 Å². The van der Waals surface area contributed by atoms with Crippen molar-refractivity contribution in [1.29, 1.82) is 0 Å². The van der Waals surface area contributed by atoms with Crippen molar-refractivity contribution in [2.24, 2.45) is 0 Å². The van der Waals surface area contributed by atoms with E-state index in [-0.39, 0.29) is 12.8 Å². The van der Waals surface area contributed by atoms with Gasteiger partial charge in [-0.1, -0.05) is 43.5 Å². The van der Waals surface area contributed by atoms with Crippen LogP contribution in [0.3, 0.4) is 0 Å². The molecule has 2 aliphatic rings. The SMILES string of the molecule is C=CC1=C(C)c2cc3[nH]c(cc4c(CCC(=O)O)c(C)c(cc5nc(cc1n2)C(C)=C5C=C)n4-c1ccccc1)c(CCC(=O)O)c3C. The summed E-state index contributed by atoms with van der Waals surface area (Å²) in [5.74, 6) is -1.77. The average molecular weight is 639 g/mol. The van der Waals surface area contributed by atoms with Gasteiger partial charge in [0.15, 0.2) is 0 Å². The molecule has 6 rings (SSSR count). The fourth-order valence-corrected chi connectivity index (χ4v) is 6.76. The highest BCUT2D eigenvalue weighted by atomic mass is 16.4. The van der Waals surface area contributed by atoms with E-state index in [0.29, 0.717) is 12.8 Å². The van der Waals surface area contributed by atoms with Gasteiger partial charge < -0.3 is 19.8 Å². The van der Waals surface area contributed by atoms with Crippen molar-refractivity contribution >= 4 is 56.3 Å². The molecule has 0 saturated carbocycles. The van der Waals surface area contributed by atoms with Crippen LogP contribution in [0.2, 0.25) is 0 Å². The van der Waals surface area contributed by atoms with E-state index < -0.39 is 11.9 Å². The molecule has 0 saturated heterocycles. The van der Waals surface area contributed by atoms with Crippen molar-refractivity contribution in [3.63, 3.8) is 0 Å². The van der Waals surface area contributed by atoms with Gasteiger partial charge in [0.1, 0.15) is 0 Å². The highest BCUT2D eigenvalue weighted by Crippen LogP contribution is 2.37. The van der Waals surface area contributed by atoms with Gasteiger partial charge in [-0.05, 0) is 110 Å². The smallest absolute Gasteiger partial charge is 0.303 e. The maximum Gasteiger partial charge on any atom is 0.303 e. The Kier molecular flexibility index (Phi) is 8.58. The topological polar surface area (TPSA) is 121 Å². The first kappa shape index (κ1) is 32.2. The summed E-state index contributed by atoms with van der Waals surface area (Å²) < 4.78 is 2.14. The molecule has 8 nitrogen and oxygen atoms in total.